The molecule has 0 saturated heterocycles. The second kappa shape index (κ2) is 13.4. The average molecular weight is 437 g/mol. The minimum absolute atomic E-state index is 0.0478. The van der Waals surface area contributed by atoms with E-state index in [1.807, 2.05) is 24.3 Å². The van der Waals surface area contributed by atoms with E-state index in [1.165, 1.54) is 37.7 Å². The molecule has 0 bridgehead atoms. The Bertz CT molecular complexity index is 942. The number of hydrogen-bond acceptors (Lipinski definition) is 3. The highest BCUT2D eigenvalue weighted by Gasteiger charge is 2.34. The van der Waals surface area contributed by atoms with E-state index in [9.17, 15) is 4.79 Å². The molecule has 0 radical (unpaired) electrons. The van der Waals surface area contributed by atoms with Gasteiger partial charge in [0.2, 0.25) is 6.41 Å². The summed E-state index contributed by atoms with van der Waals surface area (Å²) in [5.74, 6) is -0.0542. The van der Waals surface area contributed by atoms with Crippen molar-refractivity contribution in [3.05, 3.63) is 72.0 Å². The quantitative estimate of drug-likeness (QED) is 0.483. The molecule has 3 aromatic rings. The van der Waals surface area contributed by atoms with Crippen LogP contribution in [0, 0.1) is 0 Å². The molecule has 5 heteroatoms. The number of amides is 2. The van der Waals surface area contributed by atoms with Gasteiger partial charge in [-0.05, 0) is 30.5 Å². The van der Waals surface area contributed by atoms with Gasteiger partial charge in [0.25, 0.3) is 5.91 Å². The Balaban J connectivity index is 0.000000459. The van der Waals surface area contributed by atoms with Crippen molar-refractivity contribution in [1.82, 2.24) is 5.32 Å². The normalized spacial score (nSPS) is 14.3. The zero-order valence-electron chi connectivity index (χ0n) is 19.3. The van der Waals surface area contributed by atoms with E-state index in [-0.39, 0.29) is 17.7 Å². The lowest BCUT2D eigenvalue weighted by Gasteiger charge is -2.38. The van der Waals surface area contributed by atoms with Gasteiger partial charge in [0, 0.05) is 17.3 Å². The molecule has 0 spiro atoms. The molecule has 2 aromatic carbocycles. The Morgan fingerprint density at radius 1 is 1.00 bits per heavy atom. The average Bonchev–Trinajstić information content (AvgIpc) is 3.33. The van der Waals surface area contributed by atoms with Crippen molar-refractivity contribution in [2.75, 3.05) is 6.54 Å². The van der Waals surface area contributed by atoms with E-state index in [0.29, 0.717) is 17.7 Å². The van der Waals surface area contributed by atoms with Gasteiger partial charge in [-0.15, -0.1) is 0 Å². The number of nitrogens with two attached hydrogens (primary N) is 1. The van der Waals surface area contributed by atoms with Gasteiger partial charge in [-0.3, -0.25) is 9.59 Å². The molecule has 1 aliphatic rings. The van der Waals surface area contributed by atoms with Crippen molar-refractivity contribution < 1.29 is 14.0 Å². The number of carbonyl (C=O) groups is 2. The van der Waals surface area contributed by atoms with Gasteiger partial charge in [-0.2, -0.15) is 0 Å². The summed E-state index contributed by atoms with van der Waals surface area (Å²) in [4.78, 5) is 21.4. The molecule has 1 saturated carbocycles. The van der Waals surface area contributed by atoms with E-state index in [1.54, 1.807) is 6.26 Å². The SMILES string of the molecule is CCCC.NC=O.O=C(NCC1(c2ccccc2)CCCCC1)c1cccc2ccoc12. The predicted octanol–water partition coefficient (Wildman–Crippen LogP) is 5.97. The molecule has 0 atom stereocenters. The van der Waals surface area contributed by atoms with Crippen molar-refractivity contribution in [1.29, 1.82) is 0 Å². The lowest BCUT2D eigenvalue weighted by Crippen LogP contribution is -2.42. The van der Waals surface area contributed by atoms with Gasteiger partial charge in [-0.25, -0.2) is 0 Å². The first-order valence-corrected chi connectivity index (χ1v) is 11.6. The van der Waals surface area contributed by atoms with E-state index in [0.717, 1.165) is 18.2 Å². The van der Waals surface area contributed by atoms with Crippen LogP contribution in [0.2, 0.25) is 0 Å². The third kappa shape index (κ3) is 6.71. The second-order valence-electron chi connectivity index (χ2n) is 8.17. The second-order valence-corrected chi connectivity index (χ2v) is 8.17. The van der Waals surface area contributed by atoms with Crippen LogP contribution in [-0.4, -0.2) is 18.9 Å². The summed E-state index contributed by atoms with van der Waals surface area (Å²) in [6.07, 6.45) is 10.5. The van der Waals surface area contributed by atoms with Crippen molar-refractivity contribution in [2.45, 2.75) is 64.2 Å². The molecule has 0 aliphatic heterocycles. The van der Waals surface area contributed by atoms with Crippen LogP contribution in [0.5, 0.6) is 0 Å². The monoisotopic (exact) mass is 436 g/mol. The van der Waals surface area contributed by atoms with Crippen LogP contribution in [0.4, 0.5) is 0 Å². The van der Waals surface area contributed by atoms with Crippen LogP contribution < -0.4 is 11.1 Å². The number of benzene rings is 2. The Kier molecular flexibility index (Phi) is 10.5. The van der Waals surface area contributed by atoms with Gasteiger partial charge < -0.3 is 15.5 Å². The van der Waals surface area contributed by atoms with Gasteiger partial charge in [-0.1, -0.05) is 88.4 Å². The minimum atomic E-state index is -0.0542. The number of fused-ring (bicyclic) bond motifs is 1. The predicted molar refractivity (Wildman–Crippen MR) is 131 cm³/mol. The van der Waals surface area contributed by atoms with Crippen molar-refractivity contribution in [3.63, 3.8) is 0 Å². The van der Waals surface area contributed by atoms with E-state index < -0.39 is 0 Å². The van der Waals surface area contributed by atoms with Crippen LogP contribution in [0.1, 0.15) is 74.7 Å². The highest BCUT2D eigenvalue weighted by molar-refractivity contribution is 6.04. The Morgan fingerprint density at radius 3 is 2.28 bits per heavy atom. The summed E-state index contributed by atoms with van der Waals surface area (Å²) in [6, 6.07) is 18.2. The molecular formula is C27H36N2O3. The fourth-order valence-electron chi connectivity index (χ4n) is 4.10. The number of hydrogen-bond donors (Lipinski definition) is 2. The fraction of sp³-hybridized carbons (Fsp3) is 0.407. The zero-order valence-corrected chi connectivity index (χ0v) is 19.3. The van der Waals surface area contributed by atoms with Crippen molar-refractivity contribution in [3.8, 4) is 0 Å². The molecule has 4 rings (SSSR count). The maximum atomic E-state index is 12.8. The summed E-state index contributed by atoms with van der Waals surface area (Å²) in [5.41, 5.74) is 6.83. The van der Waals surface area contributed by atoms with Crippen LogP contribution in [-0.2, 0) is 10.2 Å². The molecule has 1 aliphatic carbocycles. The van der Waals surface area contributed by atoms with Crippen LogP contribution >= 0.6 is 0 Å². The smallest absolute Gasteiger partial charge is 0.255 e. The van der Waals surface area contributed by atoms with Crippen LogP contribution in [0.15, 0.2) is 65.3 Å². The zero-order chi connectivity index (χ0) is 23.2. The van der Waals surface area contributed by atoms with E-state index in [4.69, 9.17) is 9.21 Å². The Morgan fingerprint density at radius 2 is 1.66 bits per heavy atom. The summed E-state index contributed by atoms with van der Waals surface area (Å²) in [5, 5.41) is 4.15. The number of unbranched alkanes of at least 4 members (excludes halogenated alkanes) is 1. The van der Waals surface area contributed by atoms with Gasteiger partial charge >= 0.3 is 0 Å². The summed E-state index contributed by atoms with van der Waals surface area (Å²) in [7, 11) is 0. The lowest BCUT2D eigenvalue weighted by molar-refractivity contribution is -0.106. The number of carbonyl (C=O) groups excluding carboxylic acids is 2. The Hall–Kier alpha value is -3.08. The first-order valence-electron chi connectivity index (χ1n) is 11.6. The number of para-hydroxylation sites is 1. The summed E-state index contributed by atoms with van der Waals surface area (Å²) in [6.45, 7) is 5.03. The first kappa shape index (κ1) is 25.2. The molecule has 32 heavy (non-hydrogen) atoms. The van der Waals surface area contributed by atoms with Gasteiger partial charge in [0.1, 0.15) is 5.58 Å². The summed E-state index contributed by atoms with van der Waals surface area (Å²) >= 11 is 0. The van der Waals surface area contributed by atoms with Gasteiger partial charge in [0.15, 0.2) is 0 Å². The molecule has 3 N–H and O–H groups in total. The maximum absolute atomic E-state index is 12.8. The van der Waals surface area contributed by atoms with Crippen molar-refractivity contribution in [2.24, 2.45) is 5.73 Å². The summed E-state index contributed by atoms with van der Waals surface area (Å²) < 4.78 is 5.51. The van der Waals surface area contributed by atoms with E-state index in [2.05, 4.69) is 55.2 Å². The number of rotatable bonds is 5. The molecule has 1 fully saturated rings. The standard InChI is InChI=1S/C22H23NO2.C4H10.CH3NO/c24-21(19-11-7-8-17-12-15-25-20(17)19)23-16-22(13-5-2-6-14-22)18-9-3-1-4-10-18;1-3-4-2;2-1-3/h1,3-4,7-12,15H,2,5-6,13-14,16H2,(H,23,24);3-4H2,1-2H3;1H,(H2,2,3). The molecule has 2 amide bonds. The third-order valence-electron chi connectivity index (χ3n) is 6.01. The largest absolute Gasteiger partial charge is 0.464 e. The molecule has 172 valence electrons. The highest BCUT2D eigenvalue weighted by atomic mass is 16.3. The fourth-order valence-corrected chi connectivity index (χ4v) is 4.10. The van der Waals surface area contributed by atoms with Crippen LogP contribution in [0.3, 0.4) is 0 Å². The topological polar surface area (TPSA) is 85.3 Å². The highest BCUT2D eigenvalue weighted by Crippen LogP contribution is 2.39. The number of nitrogens with one attached hydrogen (secondary N) is 1. The van der Waals surface area contributed by atoms with Crippen LogP contribution in [0.25, 0.3) is 11.0 Å². The molecular weight excluding hydrogens is 400 g/mol. The number of furan rings is 1. The third-order valence-corrected chi connectivity index (χ3v) is 6.01. The lowest BCUT2D eigenvalue weighted by atomic mass is 9.69. The van der Waals surface area contributed by atoms with E-state index >= 15 is 0 Å². The molecule has 1 aromatic heterocycles. The molecule has 5 nitrogen and oxygen atoms in total. The minimum Gasteiger partial charge on any atom is -0.464 e. The number of primary amides is 1. The van der Waals surface area contributed by atoms with Gasteiger partial charge in [0.05, 0.1) is 11.8 Å². The maximum Gasteiger partial charge on any atom is 0.255 e. The first-order chi connectivity index (χ1) is 15.6. The molecule has 0 unspecified atom stereocenters. The molecule has 1 heterocycles. The Labute approximate surface area is 191 Å². The van der Waals surface area contributed by atoms with Crippen molar-refractivity contribution >= 4 is 23.3 Å².